The van der Waals surface area contributed by atoms with Gasteiger partial charge in [-0.25, -0.2) is 0 Å². The fourth-order valence-corrected chi connectivity index (χ4v) is 4.44. The number of ether oxygens (including phenoxy) is 4. The van der Waals surface area contributed by atoms with Crippen molar-refractivity contribution in [1.82, 2.24) is 0 Å². The van der Waals surface area contributed by atoms with E-state index < -0.39 is 41.7 Å². The summed E-state index contributed by atoms with van der Waals surface area (Å²) in [6, 6.07) is 5.85. The molecule has 1 aromatic carbocycles. The molecule has 0 aromatic heterocycles. The molecule has 160 valence electrons. The summed E-state index contributed by atoms with van der Waals surface area (Å²) in [5.41, 5.74) is 8.63. The summed E-state index contributed by atoms with van der Waals surface area (Å²) >= 11 is 7.19. The van der Waals surface area contributed by atoms with Crippen molar-refractivity contribution in [2.75, 3.05) is 13.7 Å². The average molecular weight is 455 g/mol. The molecule has 30 heavy (non-hydrogen) atoms. The number of benzene rings is 1. The van der Waals surface area contributed by atoms with Gasteiger partial charge in [0.1, 0.15) is 42.5 Å². The lowest BCUT2D eigenvalue weighted by atomic mass is 9.97. The zero-order chi connectivity index (χ0) is 22.3. The van der Waals surface area contributed by atoms with Crippen LogP contribution in [-0.2, 0) is 28.5 Å². The Kier molecular flexibility index (Phi) is 8.77. The van der Waals surface area contributed by atoms with Gasteiger partial charge in [0.15, 0.2) is 0 Å². The molecule has 0 N–H and O–H groups in total. The van der Waals surface area contributed by atoms with Crippen molar-refractivity contribution in [1.29, 1.82) is 5.26 Å². The van der Waals surface area contributed by atoms with Gasteiger partial charge in [-0.05, 0) is 23.7 Å². The highest BCUT2D eigenvalue weighted by Gasteiger charge is 2.48. The number of methoxy groups -OCH3 is 1. The average Bonchev–Trinajstić information content (AvgIpc) is 2.68. The van der Waals surface area contributed by atoms with Crippen LogP contribution < -0.4 is 0 Å². The van der Waals surface area contributed by atoms with E-state index in [9.17, 15) is 14.9 Å². The summed E-state index contributed by atoms with van der Waals surface area (Å²) in [6.45, 7) is 2.19. The van der Waals surface area contributed by atoms with Gasteiger partial charge >= 0.3 is 11.9 Å². The predicted molar refractivity (Wildman–Crippen MR) is 107 cm³/mol. The summed E-state index contributed by atoms with van der Waals surface area (Å²) in [4.78, 5) is 26.3. The Bertz CT molecular complexity index is 888. The fourth-order valence-electron chi connectivity index (χ4n) is 2.91. The second-order valence-corrected chi connectivity index (χ2v) is 7.76. The molecule has 1 heterocycles. The van der Waals surface area contributed by atoms with Gasteiger partial charge in [-0.15, -0.1) is 0 Å². The molecular formula is C18H19ClN4O6S. The highest BCUT2D eigenvalue weighted by molar-refractivity contribution is 7.99. The molecule has 12 heteroatoms. The largest absolute Gasteiger partial charge is 0.463 e. The normalized spacial score (nSPS) is 25.5. The minimum Gasteiger partial charge on any atom is -0.463 e. The van der Waals surface area contributed by atoms with Crippen LogP contribution in [-0.4, -0.2) is 55.4 Å². The van der Waals surface area contributed by atoms with Crippen LogP contribution in [0.1, 0.15) is 19.4 Å². The van der Waals surface area contributed by atoms with E-state index in [1.54, 1.807) is 18.2 Å². The summed E-state index contributed by atoms with van der Waals surface area (Å²) in [5, 5.41) is 13.5. The zero-order valence-corrected chi connectivity index (χ0v) is 17.9. The van der Waals surface area contributed by atoms with Crippen LogP contribution in [0.2, 0.25) is 5.02 Å². The minimum absolute atomic E-state index is 0.237. The molecule has 1 aliphatic heterocycles. The number of nitriles is 1. The third-order valence-electron chi connectivity index (χ3n) is 4.13. The number of hydrogen-bond acceptors (Lipinski definition) is 9. The van der Waals surface area contributed by atoms with Gasteiger partial charge in [0, 0.05) is 35.8 Å². The molecular weight excluding hydrogens is 436 g/mol. The summed E-state index contributed by atoms with van der Waals surface area (Å²) < 4.78 is 21.9. The van der Waals surface area contributed by atoms with Crippen molar-refractivity contribution in [2.45, 2.75) is 48.5 Å². The first kappa shape index (κ1) is 23.8. The third-order valence-corrected chi connectivity index (χ3v) is 5.57. The van der Waals surface area contributed by atoms with Crippen molar-refractivity contribution in [3.05, 3.63) is 39.2 Å². The maximum atomic E-state index is 11.6. The molecule has 0 unspecified atom stereocenters. The van der Waals surface area contributed by atoms with Crippen molar-refractivity contribution in [3.8, 4) is 6.07 Å². The molecule has 0 spiro atoms. The number of carbonyl (C=O) groups excluding carboxylic acids is 2. The Morgan fingerprint density at radius 3 is 2.67 bits per heavy atom. The van der Waals surface area contributed by atoms with Gasteiger partial charge in [0.25, 0.3) is 0 Å². The molecule has 1 aliphatic rings. The highest BCUT2D eigenvalue weighted by atomic mass is 35.5. The molecule has 0 saturated carbocycles. The van der Waals surface area contributed by atoms with Crippen LogP contribution in [0.5, 0.6) is 0 Å². The fraction of sp³-hybridized carbons (Fsp3) is 0.500. The first-order chi connectivity index (χ1) is 14.3. The number of rotatable bonds is 7. The molecule has 0 bridgehead atoms. The van der Waals surface area contributed by atoms with Gasteiger partial charge in [0.2, 0.25) is 0 Å². The third kappa shape index (κ3) is 6.01. The van der Waals surface area contributed by atoms with Gasteiger partial charge in [-0.2, -0.15) is 5.26 Å². The van der Waals surface area contributed by atoms with Gasteiger partial charge in [-0.1, -0.05) is 28.5 Å². The van der Waals surface area contributed by atoms with Gasteiger partial charge < -0.3 is 18.9 Å². The first-order valence-electron chi connectivity index (χ1n) is 8.70. The molecule has 0 aliphatic carbocycles. The number of esters is 2. The van der Waals surface area contributed by atoms with E-state index in [0.717, 1.165) is 11.8 Å². The number of azide groups is 1. The Morgan fingerprint density at radius 1 is 1.37 bits per heavy atom. The second kappa shape index (κ2) is 11.1. The topological polar surface area (TPSA) is 144 Å². The van der Waals surface area contributed by atoms with Crippen LogP contribution in [0.4, 0.5) is 0 Å². The molecule has 5 atom stereocenters. The minimum atomic E-state index is -1.05. The van der Waals surface area contributed by atoms with Gasteiger partial charge in [-0.3, -0.25) is 9.59 Å². The number of hydrogen-bond donors (Lipinski definition) is 0. The lowest BCUT2D eigenvalue weighted by Gasteiger charge is -2.43. The van der Waals surface area contributed by atoms with Crippen LogP contribution >= 0.6 is 23.4 Å². The lowest BCUT2D eigenvalue weighted by molar-refractivity contribution is -0.196. The van der Waals surface area contributed by atoms with Crippen molar-refractivity contribution >= 4 is 35.3 Å². The molecule has 10 nitrogen and oxygen atoms in total. The highest BCUT2D eigenvalue weighted by Crippen LogP contribution is 2.39. The standard InChI is InChI=1S/C18H19ClN4O6S/c1-9(24)27-8-13-16(28-10(2)25)15(22-23-21)17(26-3)18(29-13)30-14-6-12(19)5-4-11(14)7-20/h4-6,13,15-18H,8H2,1-3H3/t13-,15+,16+,17-,18+/m1/s1. The molecule has 0 amide bonds. The molecule has 2 rings (SSSR count). The monoisotopic (exact) mass is 454 g/mol. The lowest BCUT2D eigenvalue weighted by Crippen LogP contribution is -2.59. The van der Waals surface area contributed by atoms with E-state index in [1.165, 1.54) is 21.0 Å². The quantitative estimate of drug-likeness (QED) is 0.264. The summed E-state index contributed by atoms with van der Waals surface area (Å²) in [5.74, 6) is -1.18. The molecule has 1 aromatic rings. The number of nitrogens with zero attached hydrogens (tertiary/aromatic N) is 4. The van der Waals surface area contributed by atoms with E-state index in [2.05, 4.69) is 16.1 Å². The van der Waals surface area contributed by atoms with E-state index in [4.69, 9.17) is 36.1 Å². The molecule has 1 saturated heterocycles. The molecule has 1 fully saturated rings. The molecule has 0 radical (unpaired) electrons. The van der Waals surface area contributed by atoms with Crippen molar-refractivity contribution in [3.63, 3.8) is 0 Å². The number of thioether (sulfide) groups is 1. The predicted octanol–water partition coefficient (Wildman–Crippen LogP) is 3.22. The van der Waals surface area contributed by atoms with Crippen LogP contribution in [0, 0.1) is 11.3 Å². The van der Waals surface area contributed by atoms with E-state index in [1.807, 2.05) is 0 Å². The first-order valence-corrected chi connectivity index (χ1v) is 9.95. The Hall–Kier alpha value is -2.48. The van der Waals surface area contributed by atoms with E-state index in [0.29, 0.717) is 15.5 Å². The number of halogens is 1. The number of carbonyl (C=O) groups is 2. The second-order valence-electron chi connectivity index (χ2n) is 6.19. The van der Waals surface area contributed by atoms with Crippen LogP contribution in [0.15, 0.2) is 28.2 Å². The van der Waals surface area contributed by atoms with Crippen molar-refractivity contribution in [2.24, 2.45) is 5.11 Å². The smallest absolute Gasteiger partial charge is 0.303 e. The summed E-state index contributed by atoms with van der Waals surface area (Å²) in [7, 11) is 1.39. The summed E-state index contributed by atoms with van der Waals surface area (Å²) in [6.07, 6.45) is -2.81. The SMILES string of the molecule is CO[C@@H]1[C@@H](N=[N+]=[N-])[C@@H](OC(C)=O)[C@@H](COC(C)=O)O[C@H]1Sc1cc(Cl)ccc1C#N. The van der Waals surface area contributed by atoms with E-state index in [-0.39, 0.29) is 6.61 Å². The zero-order valence-electron chi connectivity index (χ0n) is 16.4. The van der Waals surface area contributed by atoms with Crippen LogP contribution in [0.25, 0.3) is 10.4 Å². The maximum absolute atomic E-state index is 11.6. The van der Waals surface area contributed by atoms with Crippen LogP contribution in [0.3, 0.4) is 0 Å². The van der Waals surface area contributed by atoms with Crippen molar-refractivity contribution < 1.29 is 28.5 Å². The Morgan fingerprint density at radius 2 is 2.10 bits per heavy atom. The van der Waals surface area contributed by atoms with Gasteiger partial charge in [0.05, 0.1) is 5.56 Å². The Labute approximate surface area is 182 Å². The Balaban J connectivity index is 2.43. The van der Waals surface area contributed by atoms with E-state index >= 15 is 0 Å². The maximum Gasteiger partial charge on any atom is 0.303 e.